The highest BCUT2D eigenvalue weighted by Gasteiger charge is 2.18. The average Bonchev–Trinajstić information content (AvgIpc) is 3.26. The van der Waals surface area contributed by atoms with Crippen molar-refractivity contribution in [2.24, 2.45) is 0 Å². The van der Waals surface area contributed by atoms with Crippen LogP contribution in [0.25, 0.3) is 17.4 Å². The molecule has 11 nitrogen and oxygen atoms in total. The van der Waals surface area contributed by atoms with Gasteiger partial charge in [0.1, 0.15) is 33.9 Å². The number of methoxy groups -OCH3 is 1. The van der Waals surface area contributed by atoms with E-state index in [1.165, 1.54) is 49.6 Å². The molecule has 0 atom stereocenters. The number of ether oxygens (including phenoxy) is 1. The number of nitrogens with zero attached hydrogens (tertiary/aromatic N) is 3. The lowest BCUT2D eigenvalue weighted by Crippen LogP contribution is -2.13. The van der Waals surface area contributed by atoms with Crippen molar-refractivity contribution in [3.8, 4) is 23.1 Å². The lowest BCUT2D eigenvalue weighted by molar-refractivity contribution is -0.384. The summed E-state index contributed by atoms with van der Waals surface area (Å²) in [6, 6.07) is 12.3. The van der Waals surface area contributed by atoms with Gasteiger partial charge in [-0.15, -0.1) is 0 Å². The fraction of sp³-hybridized carbons (Fsp3) is 0.0476. The highest BCUT2D eigenvalue weighted by molar-refractivity contribution is 6.32. The van der Waals surface area contributed by atoms with Crippen LogP contribution in [0.1, 0.15) is 5.76 Å². The third kappa shape index (κ3) is 5.15. The molecular formula is C21H13ClN4O7. The zero-order valence-corrected chi connectivity index (χ0v) is 17.5. The maximum absolute atomic E-state index is 12.5. The smallest absolute Gasteiger partial charge is 0.289 e. The zero-order chi connectivity index (χ0) is 24.1. The molecule has 1 aromatic heterocycles. The molecule has 0 bridgehead atoms. The summed E-state index contributed by atoms with van der Waals surface area (Å²) < 4.78 is 10.8. The molecule has 1 heterocycles. The summed E-state index contributed by atoms with van der Waals surface area (Å²) in [7, 11) is 1.40. The molecule has 3 aromatic rings. The summed E-state index contributed by atoms with van der Waals surface area (Å²) in [5.41, 5.74) is -0.548. The molecule has 0 saturated carbocycles. The van der Waals surface area contributed by atoms with Gasteiger partial charge < -0.3 is 14.5 Å². The van der Waals surface area contributed by atoms with E-state index < -0.39 is 21.4 Å². The Bertz CT molecular complexity index is 1340. The number of benzene rings is 2. The van der Waals surface area contributed by atoms with Gasteiger partial charge in [0, 0.05) is 30.0 Å². The largest absolute Gasteiger partial charge is 0.496 e. The molecule has 0 unspecified atom stereocenters. The Morgan fingerprint density at radius 3 is 2.55 bits per heavy atom. The number of amides is 1. The molecule has 1 amide bonds. The standard InChI is InChI=1S/C21H13ClN4O7/c1-32-19-6-3-14(25(28)29)10-16(19)20-7-4-15(33-20)8-12(11-23)21(27)24-13-2-5-17(22)18(9-13)26(30)31/h2-10H,1H3,(H,24,27)/b12-8+. The number of carbonyl (C=O) groups is 1. The normalized spacial score (nSPS) is 10.9. The molecule has 3 rings (SSSR count). The zero-order valence-electron chi connectivity index (χ0n) is 16.8. The van der Waals surface area contributed by atoms with E-state index in [0.717, 1.165) is 12.1 Å². The van der Waals surface area contributed by atoms with Gasteiger partial charge in [0.2, 0.25) is 0 Å². The van der Waals surface area contributed by atoms with Crippen molar-refractivity contribution >= 4 is 40.6 Å². The number of furan rings is 1. The number of nitro benzene ring substituents is 2. The summed E-state index contributed by atoms with van der Waals surface area (Å²) >= 11 is 5.75. The highest BCUT2D eigenvalue weighted by atomic mass is 35.5. The Morgan fingerprint density at radius 1 is 1.15 bits per heavy atom. The maximum atomic E-state index is 12.5. The summed E-state index contributed by atoms with van der Waals surface area (Å²) in [5, 5.41) is 33.7. The Hall–Kier alpha value is -4.69. The van der Waals surface area contributed by atoms with Crippen LogP contribution in [0.3, 0.4) is 0 Å². The van der Waals surface area contributed by atoms with Crippen LogP contribution in [-0.4, -0.2) is 22.9 Å². The number of non-ortho nitro benzene ring substituents is 1. The van der Waals surface area contributed by atoms with Crippen molar-refractivity contribution in [1.82, 2.24) is 0 Å². The van der Waals surface area contributed by atoms with Crippen LogP contribution >= 0.6 is 11.6 Å². The van der Waals surface area contributed by atoms with E-state index in [1.807, 2.05) is 0 Å². The van der Waals surface area contributed by atoms with Gasteiger partial charge >= 0.3 is 0 Å². The van der Waals surface area contributed by atoms with E-state index >= 15 is 0 Å². The molecule has 2 aromatic carbocycles. The third-order valence-corrected chi connectivity index (χ3v) is 4.66. The Balaban J connectivity index is 1.88. The van der Waals surface area contributed by atoms with Crippen molar-refractivity contribution < 1.29 is 23.8 Å². The van der Waals surface area contributed by atoms with Gasteiger partial charge in [-0.2, -0.15) is 5.26 Å². The van der Waals surface area contributed by atoms with Gasteiger partial charge in [-0.25, -0.2) is 0 Å². The predicted molar refractivity (Wildman–Crippen MR) is 118 cm³/mol. The lowest BCUT2D eigenvalue weighted by Gasteiger charge is -2.06. The van der Waals surface area contributed by atoms with Crippen LogP contribution in [-0.2, 0) is 4.79 Å². The van der Waals surface area contributed by atoms with Crippen LogP contribution in [0.15, 0.2) is 58.5 Å². The first-order chi connectivity index (χ1) is 15.7. The van der Waals surface area contributed by atoms with Crippen LogP contribution in [0, 0.1) is 31.6 Å². The predicted octanol–water partition coefficient (Wildman–Crippen LogP) is 4.97. The fourth-order valence-corrected chi connectivity index (χ4v) is 2.98. The van der Waals surface area contributed by atoms with Gasteiger partial charge in [-0.05, 0) is 30.3 Å². The van der Waals surface area contributed by atoms with Gasteiger partial charge in [-0.3, -0.25) is 25.0 Å². The second kappa shape index (κ2) is 9.63. The van der Waals surface area contributed by atoms with E-state index in [0.29, 0.717) is 11.3 Å². The minimum absolute atomic E-state index is 0.0683. The topological polar surface area (TPSA) is 162 Å². The number of nitriles is 1. The minimum atomic E-state index is -0.833. The first-order valence-electron chi connectivity index (χ1n) is 9.03. The highest BCUT2D eigenvalue weighted by Crippen LogP contribution is 2.35. The first kappa shape index (κ1) is 23.0. The van der Waals surface area contributed by atoms with Gasteiger partial charge in [0.15, 0.2) is 0 Å². The lowest BCUT2D eigenvalue weighted by atomic mass is 10.1. The Kier molecular flexibility index (Phi) is 6.71. The molecule has 0 aliphatic rings. The number of rotatable bonds is 7. The first-order valence-corrected chi connectivity index (χ1v) is 9.41. The Morgan fingerprint density at radius 2 is 1.91 bits per heavy atom. The average molecular weight is 469 g/mol. The van der Waals surface area contributed by atoms with E-state index in [-0.39, 0.29) is 33.5 Å². The minimum Gasteiger partial charge on any atom is -0.496 e. The van der Waals surface area contributed by atoms with E-state index in [2.05, 4.69) is 5.32 Å². The summed E-state index contributed by atoms with van der Waals surface area (Å²) in [5.74, 6) is -0.173. The number of nitro groups is 2. The van der Waals surface area contributed by atoms with Crippen LogP contribution < -0.4 is 10.1 Å². The number of hydrogen-bond acceptors (Lipinski definition) is 8. The Labute approximate surface area is 190 Å². The molecule has 0 aliphatic carbocycles. The molecule has 12 heteroatoms. The summed E-state index contributed by atoms with van der Waals surface area (Å²) in [4.78, 5) is 33.3. The van der Waals surface area contributed by atoms with Crippen LogP contribution in [0.2, 0.25) is 5.02 Å². The third-order valence-electron chi connectivity index (χ3n) is 4.34. The number of halogens is 1. The molecule has 0 fully saturated rings. The number of nitrogens with one attached hydrogen (secondary N) is 1. The molecule has 0 saturated heterocycles. The van der Waals surface area contributed by atoms with Crippen LogP contribution in [0.4, 0.5) is 17.1 Å². The molecule has 166 valence electrons. The molecule has 33 heavy (non-hydrogen) atoms. The van der Waals surface area contributed by atoms with Gasteiger partial charge in [-0.1, -0.05) is 11.6 Å². The number of hydrogen-bond donors (Lipinski definition) is 1. The fourth-order valence-electron chi connectivity index (χ4n) is 2.80. The SMILES string of the molecule is COc1ccc([N+](=O)[O-])cc1-c1ccc(/C=C(\C#N)C(=O)Nc2ccc(Cl)c([N+](=O)[O-])c2)o1. The van der Waals surface area contributed by atoms with Crippen molar-refractivity contribution in [3.05, 3.63) is 85.1 Å². The van der Waals surface area contributed by atoms with Crippen molar-refractivity contribution in [2.75, 3.05) is 12.4 Å². The van der Waals surface area contributed by atoms with Crippen LogP contribution in [0.5, 0.6) is 5.75 Å². The monoisotopic (exact) mass is 468 g/mol. The quantitative estimate of drug-likeness (QED) is 0.220. The van der Waals surface area contributed by atoms with Crippen molar-refractivity contribution in [1.29, 1.82) is 5.26 Å². The van der Waals surface area contributed by atoms with Gasteiger partial charge in [0.05, 0.1) is 22.5 Å². The van der Waals surface area contributed by atoms with E-state index in [1.54, 1.807) is 6.07 Å². The second-order valence-corrected chi connectivity index (χ2v) is 6.80. The number of anilines is 1. The molecule has 0 spiro atoms. The summed E-state index contributed by atoms with van der Waals surface area (Å²) in [6.45, 7) is 0. The van der Waals surface area contributed by atoms with Crippen molar-refractivity contribution in [3.63, 3.8) is 0 Å². The van der Waals surface area contributed by atoms with Crippen molar-refractivity contribution in [2.45, 2.75) is 0 Å². The van der Waals surface area contributed by atoms with E-state index in [9.17, 15) is 30.3 Å². The number of carbonyl (C=O) groups excluding carboxylic acids is 1. The van der Waals surface area contributed by atoms with Gasteiger partial charge in [0.25, 0.3) is 17.3 Å². The summed E-state index contributed by atoms with van der Waals surface area (Å²) in [6.07, 6.45) is 1.16. The van der Waals surface area contributed by atoms with E-state index in [4.69, 9.17) is 20.8 Å². The molecular weight excluding hydrogens is 456 g/mol. The maximum Gasteiger partial charge on any atom is 0.289 e. The molecule has 0 aliphatic heterocycles. The molecule has 1 N–H and O–H groups in total. The molecule has 0 radical (unpaired) electrons. The second-order valence-electron chi connectivity index (χ2n) is 6.39.